The van der Waals surface area contributed by atoms with Crippen LogP contribution in [0.4, 0.5) is 14.9 Å². The summed E-state index contributed by atoms with van der Waals surface area (Å²) in [4.78, 5) is 28.6. The van der Waals surface area contributed by atoms with Gasteiger partial charge in [-0.2, -0.15) is 5.26 Å². The highest BCUT2D eigenvalue weighted by Crippen LogP contribution is 2.35. The fraction of sp³-hybridized carbons (Fsp3) is 0.250. The van der Waals surface area contributed by atoms with Crippen LogP contribution in [0.5, 0.6) is 0 Å². The van der Waals surface area contributed by atoms with E-state index in [1.807, 2.05) is 0 Å². The third kappa shape index (κ3) is 3.21. The standard InChI is InChI=1S/C20H17BrFN3O2/c1-12-8-16(7-5-13(12)10-23)25-18(26)20(2,3)24(19(25)27)11-14-4-6-15(22)9-17(14)21/h4-9H,11H2,1-3H3. The van der Waals surface area contributed by atoms with E-state index in [1.54, 1.807) is 45.0 Å². The number of amides is 3. The Hall–Kier alpha value is -2.72. The minimum atomic E-state index is -1.06. The first-order valence-electron chi connectivity index (χ1n) is 8.27. The van der Waals surface area contributed by atoms with Gasteiger partial charge in [-0.15, -0.1) is 0 Å². The molecule has 2 aromatic rings. The van der Waals surface area contributed by atoms with Gasteiger partial charge in [-0.3, -0.25) is 4.79 Å². The maximum atomic E-state index is 13.3. The Bertz CT molecular complexity index is 997. The Labute approximate surface area is 165 Å². The number of aryl methyl sites for hydroxylation is 1. The molecular formula is C20H17BrFN3O2. The molecule has 3 amide bonds. The Morgan fingerprint density at radius 3 is 2.48 bits per heavy atom. The second-order valence-electron chi connectivity index (χ2n) is 6.92. The lowest BCUT2D eigenvalue weighted by Gasteiger charge is -2.28. The van der Waals surface area contributed by atoms with Gasteiger partial charge in [-0.25, -0.2) is 14.1 Å². The summed E-state index contributed by atoms with van der Waals surface area (Å²) in [6.45, 7) is 5.28. The zero-order chi connectivity index (χ0) is 19.9. The predicted octanol–water partition coefficient (Wildman–Crippen LogP) is 4.52. The van der Waals surface area contributed by atoms with Gasteiger partial charge in [-0.1, -0.05) is 22.0 Å². The molecule has 1 aliphatic rings. The maximum absolute atomic E-state index is 13.3. The van der Waals surface area contributed by atoms with Gasteiger partial charge in [0.25, 0.3) is 5.91 Å². The monoisotopic (exact) mass is 429 g/mol. The molecule has 1 fully saturated rings. The van der Waals surface area contributed by atoms with E-state index in [2.05, 4.69) is 22.0 Å². The molecule has 0 aliphatic carbocycles. The molecule has 3 rings (SSSR count). The molecule has 2 aromatic carbocycles. The molecule has 0 spiro atoms. The fourth-order valence-electron chi connectivity index (χ4n) is 3.06. The molecule has 7 heteroatoms. The zero-order valence-corrected chi connectivity index (χ0v) is 16.7. The van der Waals surface area contributed by atoms with Crippen LogP contribution in [-0.2, 0) is 11.3 Å². The lowest BCUT2D eigenvalue weighted by atomic mass is 10.0. The molecule has 0 radical (unpaired) electrons. The van der Waals surface area contributed by atoms with E-state index in [0.717, 1.165) is 4.90 Å². The molecule has 0 N–H and O–H groups in total. The van der Waals surface area contributed by atoms with Crippen LogP contribution in [-0.4, -0.2) is 22.4 Å². The Kier molecular flexibility index (Phi) is 4.79. The Morgan fingerprint density at radius 1 is 1.19 bits per heavy atom. The third-order valence-corrected chi connectivity index (χ3v) is 5.49. The van der Waals surface area contributed by atoms with Crippen LogP contribution < -0.4 is 4.90 Å². The third-order valence-electron chi connectivity index (χ3n) is 4.76. The second-order valence-corrected chi connectivity index (χ2v) is 7.77. The summed E-state index contributed by atoms with van der Waals surface area (Å²) in [7, 11) is 0. The Morgan fingerprint density at radius 2 is 1.89 bits per heavy atom. The van der Waals surface area contributed by atoms with Gasteiger partial charge in [0.1, 0.15) is 11.4 Å². The van der Waals surface area contributed by atoms with E-state index < -0.39 is 11.6 Å². The van der Waals surface area contributed by atoms with Crippen molar-refractivity contribution in [2.45, 2.75) is 32.9 Å². The number of urea groups is 1. The van der Waals surface area contributed by atoms with Crippen LogP contribution in [0.2, 0.25) is 0 Å². The number of carbonyl (C=O) groups excluding carboxylic acids is 2. The first-order valence-corrected chi connectivity index (χ1v) is 9.07. The van der Waals surface area contributed by atoms with Gasteiger partial charge in [0.15, 0.2) is 0 Å². The number of hydrogen-bond acceptors (Lipinski definition) is 3. The van der Waals surface area contributed by atoms with Crippen LogP contribution >= 0.6 is 15.9 Å². The number of nitriles is 1. The average Bonchev–Trinajstić information content (AvgIpc) is 2.76. The molecule has 0 atom stereocenters. The summed E-state index contributed by atoms with van der Waals surface area (Å²) in [6.07, 6.45) is 0. The van der Waals surface area contributed by atoms with Gasteiger partial charge >= 0.3 is 6.03 Å². The molecule has 0 unspecified atom stereocenters. The summed E-state index contributed by atoms with van der Waals surface area (Å²) < 4.78 is 13.9. The smallest absolute Gasteiger partial charge is 0.305 e. The zero-order valence-electron chi connectivity index (χ0n) is 15.1. The van der Waals surface area contributed by atoms with Gasteiger partial charge in [0, 0.05) is 11.0 Å². The molecule has 1 aliphatic heterocycles. The van der Waals surface area contributed by atoms with Crippen LogP contribution in [0, 0.1) is 24.1 Å². The van der Waals surface area contributed by atoms with Crippen LogP contribution in [0.3, 0.4) is 0 Å². The molecule has 5 nitrogen and oxygen atoms in total. The highest BCUT2D eigenvalue weighted by Gasteiger charge is 2.51. The molecule has 0 bridgehead atoms. The van der Waals surface area contributed by atoms with Gasteiger partial charge < -0.3 is 4.90 Å². The lowest BCUT2D eigenvalue weighted by Crippen LogP contribution is -2.43. The van der Waals surface area contributed by atoms with Gasteiger partial charge in [0.2, 0.25) is 0 Å². The van der Waals surface area contributed by atoms with Crippen LogP contribution in [0.15, 0.2) is 40.9 Å². The van der Waals surface area contributed by atoms with E-state index in [-0.39, 0.29) is 18.3 Å². The minimum Gasteiger partial charge on any atom is -0.305 e. The number of imide groups is 1. The van der Waals surface area contributed by atoms with Crippen molar-refractivity contribution in [1.82, 2.24) is 4.90 Å². The first kappa shape index (κ1) is 19.1. The van der Waals surface area contributed by atoms with Crippen molar-refractivity contribution in [1.29, 1.82) is 5.26 Å². The highest BCUT2D eigenvalue weighted by molar-refractivity contribution is 9.10. The molecule has 0 aromatic heterocycles. The number of halogens is 2. The number of hydrogen-bond donors (Lipinski definition) is 0. The summed E-state index contributed by atoms with van der Waals surface area (Å²) in [6, 6.07) is 10.7. The lowest BCUT2D eigenvalue weighted by molar-refractivity contribution is -0.123. The molecule has 0 saturated carbocycles. The molecule has 1 heterocycles. The number of rotatable bonds is 3. The number of nitrogens with zero attached hydrogens (tertiary/aromatic N) is 3. The summed E-state index contributed by atoms with van der Waals surface area (Å²) in [5.74, 6) is -0.738. The predicted molar refractivity (Wildman–Crippen MR) is 102 cm³/mol. The summed E-state index contributed by atoms with van der Waals surface area (Å²) >= 11 is 3.31. The van der Waals surface area contributed by atoms with E-state index in [0.29, 0.717) is 26.9 Å². The second kappa shape index (κ2) is 6.78. The topological polar surface area (TPSA) is 64.4 Å². The SMILES string of the molecule is Cc1cc(N2C(=O)N(Cc3ccc(F)cc3Br)C(C)(C)C2=O)ccc1C#N. The van der Waals surface area contributed by atoms with Crippen LogP contribution in [0.25, 0.3) is 0 Å². The summed E-state index contributed by atoms with van der Waals surface area (Å²) in [5.41, 5.74) is 1.24. The van der Waals surface area contributed by atoms with E-state index in [1.165, 1.54) is 17.0 Å². The van der Waals surface area contributed by atoms with Crippen molar-refractivity contribution in [2.75, 3.05) is 4.90 Å². The number of carbonyl (C=O) groups is 2. The largest absolute Gasteiger partial charge is 0.332 e. The highest BCUT2D eigenvalue weighted by atomic mass is 79.9. The quantitative estimate of drug-likeness (QED) is 0.673. The first-order chi connectivity index (χ1) is 12.7. The summed E-state index contributed by atoms with van der Waals surface area (Å²) in [5, 5.41) is 9.08. The Balaban J connectivity index is 1.98. The molecule has 27 heavy (non-hydrogen) atoms. The molecule has 138 valence electrons. The van der Waals surface area contributed by atoms with E-state index in [9.17, 15) is 14.0 Å². The molecular weight excluding hydrogens is 413 g/mol. The number of benzene rings is 2. The average molecular weight is 430 g/mol. The van der Waals surface area contributed by atoms with Gasteiger partial charge in [-0.05, 0) is 62.2 Å². The minimum absolute atomic E-state index is 0.157. The maximum Gasteiger partial charge on any atom is 0.332 e. The van der Waals surface area contributed by atoms with E-state index in [4.69, 9.17) is 5.26 Å². The van der Waals surface area contributed by atoms with Crippen molar-refractivity contribution in [3.05, 3.63) is 63.4 Å². The van der Waals surface area contributed by atoms with Gasteiger partial charge in [0.05, 0.1) is 17.3 Å². The van der Waals surface area contributed by atoms with Crippen molar-refractivity contribution in [3.63, 3.8) is 0 Å². The normalized spacial score (nSPS) is 16.0. The van der Waals surface area contributed by atoms with Crippen molar-refractivity contribution in [3.8, 4) is 6.07 Å². The number of anilines is 1. The van der Waals surface area contributed by atoms with Crippen molar-refractivity contribution < 1.29 is 14.0 Å². The molecule has 1 saturated heterocycles. The fourth-order valence-corrected chi connectivity index (χ4v) is 3.54. The van der Waals surface area contributed by atoms with Crippen molar-refractivity contribution >= 4 is 33.6 Å². The van der Waals surface area contributed by atoms with Crippen LogP contribution in [0.1, 0.15) is 30.5 Å². The van der Waals surface area contributed by atoms with Crippen molar-refractivity contribution in [2.24, 2.45) is 0 Å². The van der Waals surface area contributed by atoms with E-state index >= 15 is 0 Å².